The van der Waals surface area contributed by atoms with Crippen LogP contribution in [-0.2, 0) is 7.05 Å². The van der Waals surface area contributed by atoms with E-state index >= 15 is 0 Å². The fraction of sp³-hybridized carbons (Fsp3) is 0.769. The summed E-state index contributed by atoms with van der Waals surface area (Å²) in [6.07, 6.45) is 3.71. The molecular weight excluding hydrogens is 212 g/mol. The number of hydrogen-bond donors (Lipinski definition) is 1. The van der Waals surface area contributed by atoms with Gasteiger partial charge in [-0.3, -0.25) is 4.68 Å². The van der Waals surface area contributed by atoms with Gasteiger partial charge in [-0.2, -0.15) is 5.10 Å². The Balaban J connectivity index is 2.82. The predicted octanol–water partition coefficient (Wildman–Crippen LogP) is 2.75. The molecule has 1 rings (SSSR count). The van der Waals surface area contributed by atoms with Gasteiger partial charge < -0.3 is 10.6 Å². The lowest BCUT2D eigenvalue weighted by Crippen LogP contribution is -2.22. The molecule has 98 valence electrons. The van der Waals surface area contributed by atoms with Crippen molar-refractivity contribution >= 4 is 11.5 Å². The smallest absolute Gasteiger partial charge is 0.150 e. The third-order valence-corrected chi connectivity index (χ3v) is 3.09. The van der Waals surface area contributed by atoms with E-state index in [1.165, 1.54) is 19.3 Å². The zero-order chi connectivity index (χ0) is 13.0. The summed E-state index contributed by atoms with van der Waals surface area (Å²) in [5.74, 6) is 1.42. The van der Waals surface area contributed by atoms with Crippen LogP contribution in [0, 0.1) is 0 Å². The van der Waals surface area contributed by atoms with Gasteiger partial charge >= 0.3 is 0 Å². The van der Waals surface area contributed by atoms with Crippen LogP contribution in [0.3, 0.4) is 0 Å². The minimum atomic E-state index is 0.374. The molecule has 2 N–H and O–H groups in total. The second kappa shape index (κ2) is 5.94. The van der Waals surface area contributed by atoms with E-state index in [4.69, 9.17) is 5.73 Å². The summed E-state index contributed by atoms with van der Waals surface area (Å²) in [4.78, 5) is 2.21. The van der Waals surface area contributed by atoms with Crippen molar-refractivity contribution in [3.05, 3.63) is 5.69 Å². The number of unbranched alkanes of at least 4 members (excludes halogenated alkanes) is 2. The first kappa shape index (κ1) is 13.9. The molecule has 0 amide bonds. The minimum Gasteiger partial charge on any atom is -0.394 e. The second-order valence-electron chi connectivity index (χ2n) is 5.03. The summed E-state index contributed by atoms with van der Waals surface area (Å²) < 4.78 is 1.90. The molecule has 0 spiro atoms. The maximum absolute atomic E-state index is 6.19. The SMILES string of the molecule is CCCCCN(C)c1c(N)c(C(C)C)nn1C. The molecule has 0 saturated heterocycles. The molecule has 0 atom stereocenters. The van der Waals surface area contributed by atoms with Crippen LogP contribution in [0.2, 0.25) is 0 Å². The summed E-state index contributed by atoms with van der Waals surface area (Å²) in [5.41, 5.74) is 8.02. The Hall–Kier alpha value is -1.19. The molecule has 4 nitrogen and oxygen atoms in total. The van der Waals surface area contributed by atoms with E-state index in [1.807, 2.05) is 11.7 Å². The fourth-order valence-electron chi connectivity index (χ4n) is 2.14. The van der Waals surface area contributed by atoms with Crippen LogP contribution in [0.15, 0.2) is 0 Å². The molecule has 0 saturated carbocycles. The third-order valence-electron chi connectivity index (χ3n) is 3.09. The van der Waals surface area contributed by atoms with Crippen LogP contribution in [0.1, 0.15) is 51.6 Å². The summed E-state index contributed by atoms with van der Waals surface area (Å²) in [6.45, 7) is 7.50. The minimum absolute atomic E-state index is 0.374. The van der Waals surface area contributed by atoms with Gasteiger partial charge in [-0.1, -0.05) is 33.6 Å². The largest absolute Gasteiger partial charge is 0.394 e. The van der Waals surface area contributed by atoms with E-state index in [-0.39, 0.29) is 0 Å². The molecule has 0 bridgehead atoms. The summed E-state index contributed by atoms with van der Waals surface area (Å²) >= 11 is 0. The van der Waals surface area contributed by atoms with E-state index in [2.05, 4.69) is 37.8 Å². The van der Waals surface area contributed by atoms with E-state index in [9.17, 15) is 0 Å². The molecule has 17 heavy (non-hydrogen) atoms. The molecule has 1 aromatic heterocycles. The topological polar surface area (TPSA) is 47.1 Å². The number of rotatable bonds is 6. The average Bonchev–Trinajstić information content (AvgIpc) is 2.54. The highest BCUT2D eigenvalue weighted by molar-refractivity contribution is 5.66. The number of anilines is 2. The van der Waals surface area contributed by atoms with Gasteiger partial charge in [-0.25, -0.2) is 0 Å². The van der Waals surface area contributed by atoms with Gasteiger partial charge in [0.15, 0.2) is 0 Å². The van der Waals surface area contributed by atoms with Gasteiger partial charge in [0.2, 0.25) is 0 Å². The van der Waals surface area contributed by atoms with Gasteiger partial charge in [0, 0.05) is 20.6 Å². The molecule has 0 unspecified atom stereocenters. The predicted molar refractivity (Wildman–Crippen MR) is 74.5 cm³/mol. The van der Waals surface area contributed by atoms with Gasteiger partial charge in [0.1, 0.15) is 5.82 Å². The maximum Gasteiger partial charge on any atom is 0.150 e. The van der Waals surface area contributed by atoms with Crippen molar-refractivity contribution in [1.29, 1.82) is 0 Å². The lowest BCUT2D eigenvalue weighted by Gasteiger charge is -2.19. The molecule has 0 aromatic carbocycles. The molecule has 0 aliphatic carbocycles. The Morgan fingerprint density at radius 3 is 2.47 bits per heavy atom. The maximum atomic E-state index is 6.19. The van der Waals surface area contributed by atoms with Crippen LogP contribution < -0.4 is 10.6 Å². The van der Waals surface area contributed by atoms with Crippen molar-refractivity contribution in [2.24, 2.45) is 7.05 Å². The zero-order valence-electron chi connectivity index (χ0n) is 11.8. The second-order valence-corrected chi connectivity index (χ2v) is 5.03. The highest BCUT2D eigenvalue weighted by Crippen LogP contribution is 2.30. The lowest BCUT2D eigenvalue weighted by atomic mass is 10.1. The van der Waals surface area contributed by atoms with Crippen LogP contribution in [0.4, 0.5) is 11.5 Å². The number of nitrogen functional groups attached to an aromatic ring is 1. The van der Waals surface area contributed by atoms with Crippen molar-refractivity contribution in [2.75, 3.05) is 24.2 Å². The monoisotopic (exact) mass is 238 g/mol. The van der Waals surface area contributed by atoms with Gasteiger partial charge in [0.25, 0.3) is 0 Å². The molecule has 1 heterocycles. The Labute approximate surface area is 105 Å². The molecule has 4 heteroatoms. The zero-order valence-corrected chi connectivity index (χ0v) is 11.8. The van der Waals surface area contributed by atoms with Crippen LogP contribution in [-0.4, -0.2) is 23.4 Å². The lowest BCUT2D eigenvalue weighted by molar-refractivity contribution is 0.669. The highest BCUT2D eigenvalue weighted by atomic mass is 15.4. The van der Waals surface area contributed by atoms with E-state index in [0.717, 1.165) is 23.7 Å². The molecule has 0 fully saturated rings. The van der Waals surface area contributed by atoms with Crippen LogP contribution in [0.25, 0.3) is 0 Å². The van der Waals surface area contributed by atoms with Gasteiger partial charge in [-0.05, 0) is 12.3 Å². The standard InChI is InChI=1S/C13H26N4/c1-6-7-8-9-16(4)13-11(14)12(10(2)3)15-17(13)5/h10H,6-9,14H2,1-5H3. The average molecular weight is 238 g/mol. The highest BCUT2D eigenvalue weighted by Gasteiger charge is 2.18. The Kier molecular flexibility index (Phi) is 4.85. The third kappa shape index (κ3) is 3.14. The van der Waals surface area contributed by atoms with Gasteiger partial charge in [-0.15, -0.1) is 0 Å². The molecule has 0 radical (unpaired) electrons. The van der Waals surface area contributed by atoms with E-state index in [1.54, 1.807) is 0 Å². The van der Waals surface area contributed by atoms with Crippen molar-refractivity contribution in [2.45, 2.75) is 46.0 Å². The van der Waals surface area contributed by atoms with Crippen molar-refractivity contribution in [1.82, 2.24) is 9.78 Å². The van der Waals surface area contributed by atoms with E-state index in [0.29, 0.717) is 5.92 Å². The molecule has 0 aliphatic heterocycles. The van der Waals surface area contributed by atoms with Crippen LogP contribution >= 0.6 is 0 Å². The number of hydrogen-bond acceptors (Lipinski definition) is 3. The fourth-order valence-corrected chi connectivity index (χ4v) is 2.14. The Morgan fingerprint density at radius 2 is 2.00 bits per heavy atom. The molecule has 1 aromatic rings. The van der Waals surface area contributed by atoms with Crippen molar-refractivity contribution in [3.63, 3.8) is 0 Å². The Bertz CT molecular complexity index is 355. The first-order valence-corrected chi connectivity index (χ1v) is 6.52. The number of nitrogens with two attached hydrogens (primary N) is 1. The molecule has 0 aliphatic rings. The number of nitrogens with zero attached hydrogens (tertiary/aromatic N) is 3. The quantitative estimate of drug-likeness (QED) is 0.775. The summed E-state index contributed by atoms with van der Waals surface area (Å²) in [7, 11) is 4.06. The summed E-state index contributed by atoms with van der Waals surface area (Å²) in [5, 5.41) is 4.51. The number of aromatic nitrogens is 2. The summed E-state index contributed by atoms with van der Waals surface area (Å²) in [6, 6.07) is 0. The first-order chi connectivity index (χ1) is 7.99. The number of aryl methyl sites for hydroxylation is 1. The van der Waals surface area contributed by atoms with Crippen LogP contribution in [0.5, 0.6) is 0 Å². The van der Waals surface area contributed by atoms with Gasteiger partial charge in [0.05, 0.1) is 11.4 Å². The van der Waals surface area contributed by atoms with E-state index < -0.39 is 0 Å². The first-order valence-electron chi connectivity index (χ1n) is 6.52. The molecular formula is C13H26N4. The van der Waals surface area contributed by atoms with Crippen molar-refractivity contribution < 1.29 is 0 Å². The Morgan fingerprint density at radius 1 is 1.35 bits per heavy atom. The van der Waals surface area contributed by atoms with Crippen molar-refractivity contribution in [3.8, 4) is 0 Å². The normalized spacial score (nSPS) is 11.2.